The number of carbonyl (C=O) groups is 1. The summed E-state index contributed by atoms with van der Waals surface area (Å²) in [6.45, 7) is 2.15. The third-order valence-corrected chi connectivity index (χ3v) is 3.16. The van der Waals surface area contributed by atoms with Crippen LogP contribution in [0.3, 0.4) is 0 Å². The zero-order chi connectivity index (χ0) is 15.8. The Bertz CT molecular complexity index is 346. The second kappa shape index (κ2) is 18.5. The van der Waals surface area contributed by atoms with Gasteiger partial charge in [0.05, 0.1) is 0 Å². The van der Waals surface area contributed by atoms with Gasteiger partial charge in [0.1, 0.15) is 0 Å². The topological polar surface area (TPSA) is 60.4 Å². The van der Waals surface area contributed by atoms with Crippen LogP contribution in [-0.2, 0) is 4.79 Å². The van der Waals surface area contributed by atoms with E-state index in [2.05, 4.69) is 6.92 Å². The molecule has 4 heteroatoms. The Labute approximate surface area is 157 Å². The van der Waals surface area contributed by atoms with Crippen LogP contribution in [0, 0.1) is 0 Å². The molecule has 0 aromatic carbocycles. The van der Waals surface area contributed by atoms with Crippen LogP contribution in [0.25, 0.3) is 0 Å². The predicted octanol–water partition coefficient (Wildman–Crippen LogP) is 1.35. The first kappa shape index (κ1) is 23.8. The van der Waals surface area contributed by atoms with Crippen LogP contribution >= 0.6 is 0 Å². The van der Waals surface area contributed by atoms with Gasteiger partial charge >= 0.3 is 35.5 Å². The Morgan fingerprint density at radius 2 is 1.64 bits per heavy atom. The van der Waals surface area contributed by atoms with E-state index in [1.54, 1.807) is 12.2 Å². The van der Waals surface area contributed by atoms with E-state index >= 15 is 0 Å². The fourth-order valence-corrected chi connectivity index (χ4v) is 1.90. The van der Waals surface area contributed by atoms with Gasteiger partial charge < -0.3 is 10.2 Å². The van der Waals surface area contributed by atoms with Crippen LogP contribution in [0.4, 0.5) is 0 Å². The van der Waals surface area contributed by atoms with Crippen LogP contribution in [0.2, 0.25) is 0 Å². The van der Waals surface area contributed by atoms with Gasteiger partial charge in [-0.2, -0.15) is 0 Å². The molecule has 22 heavy (non-hydrogen) atoms. The first-order valence-electron chi connectivity index (χ1n) is 8.09. The standard InChI is InChI=1S/C18H30O3.Na/c1-2-3-4-8-11-14-17(19)15-12-9-6-5-7-10-13-16-18(20)21;/h8,11-12,14-15,19H,2-7,9-10,13,16H2,1H3,(H,20,21);/q;+1/p-1/b11-8+,15-12+,17-14-;. The average molecular weight is 316 g/mol. The van der Waals surface area contributed by atoms with E-state index < -0.39 is 5.97 Å². The Kier molecular flexibility index (Phi) is 20.0. The molecule has 0 atom stereocenters. The maximum Gasteiger partial charge on any atom is 1.00 e. The number of allylic oxidation sites excluding steroid dienone is 5. The molecule has 120 valence electrons. The first-order chi connectivity index (χ1) is 10.2. The third-order valence-electron chi connectivity index (χ3n) is 3.16. The quantitative estimate of drug-likeness (QED) is 0.241. The summed E-state index contributed by atoms with van der Waals surface area (Å²) >= 11 is 0. The summed E-state index contributed by atoms with van der Waals surface area (Å²) in [7, 11) is 0. The second-order valence-corrected chi connectivity index (χ2v) is 5.24. The van der Waals surface area contributed by atoms with Crippen molar-refractivity contribution in [3.05, 3.63) is 36.1 Å². The normalized spacial score (nSPS) is 12.0. The van der Waals surface area contributed by atoms with Crippen LogP contribution in [-0.4, -0.2) is 11.1 Å². The van der Waals surface area contributed by atoms with Crippen molar-refractivity contribution in [2.75, 3.05) is 0 Å². The summed E-state index contributed by atoms with van der Waals surface area (Å²) in [6, 6.07) is 0. The van der Waals surface area contributed by atoms with Gasteiger partial charge in [0, 0.05) is 6.42 Å². The number of aliphatic carboxylic acids is 1. The number of carboxylic acids is 1. The van der Waals surface area contributed by atoms with Gasteiger partial charge in [-0.1, -0.05) is 69.4 Å². The Morgan fingerprint density at radius 1 is 1.00 bits per heavy atom. The number of hydrogen-bond donors (Lipinski definition) is 1. The summed E-state index contributed by atoms with van der Waals surface area (Å²) in [6.07, 6.45) is 18.6. The van der Waals surface area contributed by atoms with Crippen molar-refractivity contribution in [1.29, 1.82) is 0 Å². The average Bonchev–Trinajstić information content (AvgIpc) is 2.45. The zero-order valence-electron chi connectivity index (χ0n) is 14.2. The summed E-state index contributed by atoms with van der Waals surface area (Å²) in [5.41, 5.74) is 0. The molecule has 0 saturated heterocycles. The molecular weight excluding hydrogens is 287 g/mol. The number of carboxylic acid groups (broad SMARTS) is 1. The van der Waals surface area contributed by atoms with Crippen molar-refractivity contribution in [1.82, 2.24) is 0 Å². The van der Waals surface area contributed by atoms with Crippen molar-refractivity contribution in [3.8, 4) is 0 Å². The minimum Gasteiger partial charge on any atom is -0.872 e. The largest absolute Gasteiger partial charge is 1.00 e. The summed E-state index contributed by atoms with van der Waals surface area (Å²) < 4.78 is 0. The van der Waals surface area contributed by atoms with Gasteiger partial charge in [-0.15, -0.1) is 5.76 Å². The summed E-state index contributed by atoms with van der Waals surface area (Å²) in [5, 5.41) is 20.0. The molecule has 0 spiro atoms. The molecule has 0 amide bonds. The first-order valence-corrected chi connectivity index (χ1v) is 8.09. The van der Waals surface area contributed by atoms with Crippen LogP contribution in [0.1, 0.15) is 71.1 Å². The van der Waals surface area contributed by atoms with E-state index in [0.717, 1.165) is 44.9 Å². The van der Waals surface area contributed by atoms with Gasteiger partial charge in [0.25, 0.3) is 0 Å². The fraction of sp³-hybridized carbons (Fsp3) is 0.611. The van der Waals surface area contributed by atoms with E-state index in [9.17, 15) is 9.90 Å². The molecule has 0 aliphatic rings. The van der Waals surface area contributed by atoms with Gasteiger partial charge in [-0.05, 0) is 25.7 Å². The van der Waals surface area contributed by atoms with Crippen LogP contribution in [0.15, 0.2) is 36.1 Å². The van der Waals surface area contributed by atoms with Gasteiger partial charge in [-0.25, -0.2) is 0 Å². The Balaban J connectivity index is 0. The van der Waals surface area contributed by atoms with Gasteiger partial charge in [0.15, 0.2) is 0 Å². The molecule has 0 bridgehead atoms. The van der Waals surface area contributed by atoms with Crippen molar-refractivity contribution in [2.24, 2.45) is 0 Å². The summed E-state index contributed by atoms with van der Waals surface area (Å²) in [4.78, 5) is 10.3. The van der Waals surface area contributed by atoms with Crippen LogP contribution in [0.5, 0.6) is 0 Å². The molecule has 0 aliphatic carbocycles. The van der Waals surface area contributed by atoms with Gasteiger partial charge in [-0.3, -0.25) is 4.79 Å². The predicted molar refractivity (Wildman–Crippen MR) is 85.8 cm³/mol. The molecule has 0 heterocycles. The minimum atomic E-state index is -0.712. The molecule has 0 fully saturated rings. The van der Waals surface area contributed by atoms with E-state index in [1.165, 1.54) is 12.8 Å². The molecule has 0 aromatic rings. The van der Waals surface area contributed by atoms with E-state index in [4.69, 9.17) is 5.11 Å². The molecule has 3 nitrogen and oxygen atoms in total. The maximum atomic E-state index is 11.5. The molecule has 0 unspecified atom stereocenters. The SMILES string of the molecule is CCCC/C=C/C=C([O-])/C=C/CCCCCCCC(=O)O.[Na+]. The fourth-order valence-electron chi connectivity index (χ4n) is 1.90. The molecule has 0 rings (SSSR count). The van der Waals surface area contributed by atoms with E-state index in [1.807, 2.05) is 18.2 Å². The molecule has 0 aliphatic heterocycles. The van der Waals surface area contributed by atoms with Crippen molar-refractivity contribution >= 4 is 5.97 Å². The Morgan fingerprint density at radius 3 is 2.32 bits per heavy atom. The van der Waals surface area contributed by atoms with Gasteiger partial charge in [0.2, 0.25) is 0 Å². The minimum absolute atomic E-state index is 0. The smallest absolute Gasteiger partial charge is 0.872 e. The number of unbranched alkanes of at least 4 members (excludes halogenated alkanes) is 7. The molecular formula is C18H29NaO3. The molecule has 1 N–H and O–H groups in total. The van der Waals surface area contributed by atoms with Crippen molar-refractivity contribution in [3.63, 3.8) is 0 Å². The molecule has 0 aromatic heterocycles. The third kappa shape index (κ3) is 19.5. The maximum absolute atomic E-state index is 11.5. The second-order valence-electron chi connectivity index (χ2n) is 5.24. The molecule has 0 saturated carbocycles. The summed E-state index contributed by atoms with van der Waals surface area (Å²) in [5.74, 6) is -0.666. The van der Waals surface area contributed by atoms with E-state index in [-0.39, 0.29) is 41.7 Å². The van der Waals surface area contributed by atoms with E-state index in [0.29, 0.717) is 0 Å². The van der Waals surface area contributed by atoms with Crippen molar-refractivity contribution in [2.45, 2.75) is 71.1 Å². The number of rotatable bonds is 13. The van der Waals surface area contributed by atoms with Crippen LogP contribution < -0.4 is 34.7 Å². The molecule has 0 radical (unpaired) electrons. The number of hydrogen-bond acceptors (Lipinski definition) is 2. The van der Waals surface area contributed by atoms with Crippen molar-refractivity contribution < 1.29 is 44.6 Å². The Hall–Kier alpha value is -0.510. The zero-order valence-corrected chi connectivity index (χ0v) is 16.2. The monoisotopic (exact) mass is 316 g/mol.